The first kappa shape index (κ1) is 23.5. The van der Waals surface area contributed by atoms with Crippen LogP contribution in [-0.2, 0) is 11.2 Å². The first-order chi connectivity index (χ1) is 15.1. The van der Waals surface area contributed by atoms with E-state index >= 15 is 0 Å². The molecule has 0 aliphatic rings. The molecule has 168 valence electrons. The van der Waals surface area contributed by atoms with Gasteiger partial charge in [-0.05, 0) is 61.6 Å². The largest absolute Gasteiger partial charge is 0.481 e. The van der Waals surface area contributed by atoms with Gasteiger partial charge in [0, 0.05) is 24.0 Å². The Morgan fingerprint density at radius 1 is 1.00 bits per heavy atom. The summed E-state index contributed by atoms with van der Waals surface area (Å²) in [5.41, 5.74) is 2.89. The topological polar surface area (TPSA) is 91.3 Å². The molecule has 0 atom stereocenters. The van der Waals surface area contributed by atoms with E-state index < -0.39 is 11.4 Å². The first-order valence-electron chi connectivity index (χ1n) is 10.6. The molecule has 0 fully saturated rings. The number of aryl methyl sites for hydroxylation is 1. The number of rotatable bonds is 8. The molecule has 0 saturated carbocycles. The number of carboxylic acid groups (broad SMARTS) is 1. The molecule has 0 radical (unpaired) electrons. The van der Waals surface area contributed by atoms with E-state index in [0.29, 0.717) is 24.4 Å². The number of aromatic nitrogens is 1. The summed E-state index contributed by atoms with van der Waals surface area (Å²) in [6.45, 7) is 7.72. The van der Waals surface area contributed by atoms with Crippen molar-refractivity contribution in [1.29, 1.82) is 0 Å². The molecule has 3 aromatic rings. The molecule has 0 aliphatic carbocycles. The average molecular weight is 452 g/mol. The van der Waals surface area contributed by atoms with E-state index in [9.17, 15) is 14.7 Å². The van der Waals surface area contributed by atoms with E-state index in [2.05, 4.69) is 29.5 Å². The Morgan fingerprint density at radius 2 is 1.56 bits per heavy atom. The van der Waals surface area contributed by atoms with Crippen LogP contribution in [0.2, 0.25) is 0 Å². The van der Waals surface area contributed by atoms with Crippen LogP contribution in [0.15, 0.2) is 54.7 Å². The lowest BCUT2D eigenvalue weighted by Gasteiger charge is -2.17. The van der Waals surface area contributed by atoms with Gasteiger partial charge in [-0.25, -0.2) is 9.78 Å². The number of nitrogens with one attached hydrogen (secondary N) is 2. The summed E-state index contributed by atoms with van der Waals surface area (Å²) in [6.07, 6.45) is 2.97. The van der Waals surface area contributed by atoms with Crippen LogP contribution in [0.5, 0.6) is 0 Å². The minimum atomic E-state index is -0.797. The Labute approximate surface area is 192 Å². The lowest BCUT2D eigenvalue weighted by molar-refractivity contribution is -0.147. The molecule has 0 unspecified atom stereocenters. The second kappa shape index (κ2) is 9.96. The van der Waals surface area contributed by atoms with Crippen molar-refractivity contribution in [3.05, 3.63) is 65.3 Å². The highest BCUT2D eigenvalue weighted by Gasteiger charge is 2.27. The third-order valence-electron chi connectivity index (χ3n) is 5.36. The highest BCUT2D eigenvalue weighted by molar-refractivity contribution is 7.15. The molecule has 0 saturated heterocycles. The van der Waals surface area contributed by atoms with Crippen LogP contribution < -0.4 is 10.6 Å². The number of carbonyl (C=O) groups is 2. The van der Waals surface area contributed by atoms with Gasteiger partial charge in [-0.2, -0.15) is 0 Å². The zero-order valence-electron chi connectivity index (χ0n) is 18.8. The van der Waals surface area contributed by atoms with Gasteiger partial charge in [-0.15, -0.1) is 11.3 Å². The fraction of sp³-hybridized carbons (Fsp3) is 0.320. The smallest absolute Gasteiger partial charge is 0.323 e. The highest BCUT2D eigenvalue weighted by atomic mass is 32.1. The lowest BCUT2D eigenvalue weighted by Crippen LogP contribution is -2.24. The molecule has 0 aliphatic heterocycles. The van der Waals surface area contributed by atoms with E-state index in [4.69, 9.17) is 0 Å². The van der Waals surface area contributed by atoms with Crippen molar-refractivity contribution in [3.8, 4) is 10.4 Å². The number of aliphatic carboxylic acids is 1. The Hall–Kier alpha value is -3.19. The van der Waals surface area contributed by atoms with Crippen molar-refractivity contribution >= 4 is 34.7 Å². The van der Waals surface area contributed by atoms with Crippen molar-refractivity contribution < 1.29 is 14.7 Å². The van der Waals surface area contributed by atoms with Crippen molar-refractivity contribution in [2.75, 3.05) is 10.6 Å². The Kier molecular flexibility index (Phi) is 7.30. The maximum Gasteiger partial charge on any atom is 0.323 e. The molecule has 32 heavy (non-hydrogen) atoms. The van der Waals surface area contributed by atoms with E-state index in [1.54, 1.807) is 25.2 Å². The first-order valence-corrected chi connectivity index (χ1v) is 11.4. The standard InChI is InChI=1S/C25H29N3O3S/c1-16(2)17-5-9-19(10-6-17)27-24(31)28-20-11-7-18(8-12-20)21-15-26-22(32-21)13-14-25(3,4)23(29)30/h5-12,15-16H,13-14H2,1-4H3,(H,29,30)(H2,27,28,31). The number of amides is 2. The van der Waals surface area contributed by atoms with Gasteiger partial charge in [0.2, 0.25) is 0 Å². The predicted molar refractivity (Wildman–Crippen MR) is 130 cm³/mol. The van der Waals surface area contributed by atoms with E-state index in [1.807, 2.05) is 54.7 Å². The number of benzene rings is 2. The number of hydrogen-bond acceptors (Lipinski definition) is 4. The van der Waals surface area contributed by atoms with Crippen LogP contribution in [0.1, 0.15) is 50.6 Å². The van der Waals surface area contributed by atoms with Crippen LogP contribution in [-0.4, -0.2) is 22.1 Å². The SMILES string of the molecule is CC(C)c1ccc(NC(=O)Nc2ccc(-c3cnc(CCC(C)(C)C(=O)O)s3)cc2)cc1. The van der Waals surface area contributed by atoms with Crippen LogP contribution in [0.4, 0.5) is 16.2 Å². The van der Waals surface area contributed by atoms with Crippen molar-refractivity contribution in [1.82, 2.24) is 4.98 Å². The third kappa shape index (κ3) is 6.17. The molecule has 1 aromatic heterocycles. The molecule has 3 rings (SSSR count). The normalized spacial score (nSPS) is 11.4. The van der Waals surface area contributed by atoms with Gasteiger partial charge in [-0.1, -0.05) is 38.1 Å². The minimum absolute atomic E-state index is 0.295. The molecule has 2 aromatic carbocycles. The molecule has 6 nitrogen and oxygen atoms in total. The zero-order chi connectivity index (χ0) is 23.3. The quantitative estimate of drug-likeness (QED) is 0.359. The minimum Gasteiger partial charge on any atom is -0.481 e. The van der Waals surface area contributed by atoms with Gasteiger partial charge < -0.3 is 15.7 Å². The Bertz CT molecular complexity index is 1070. The molecule has 2 amide bonds. The van der Waals surface area contributed by atoms with E-state index in [0.717, 1.165) is 21.1 Å². The summed E-state index contributed by atoms with van der Waals surface area (Å²) in [6, 6.07) is 15.1. The van der Waals surface area contributed by atoms with Gasteiger partial charge in [0.05, 0.1) is 15.3 Å². The summed E-state index contributed by atoms with van der Waals surface area (Å²) in [5, 5.41) is 15.9. The predicted octanol–water partition coefficient (Wildman–Crippen LogP) is 6.62. The summed E-state index contributed by atoms with van der Waals surface area (Å²) in [7, 11) is 0. The lowest BCUT2D eigenvalue weighted by atomic mass is 9.88. The summed E-state index contributed by atoms with van der Waals surface area (Å²) in [4.78, 5) is 29.0. The second-order valence-electron chi connectivity index (χ2n) is 8.74. The monoisotopic (exact) mass is 451 g/mol. The molecular weight excluding hydrogens is 422 g/mol. The summed E-state index contributed by atoms with van der Waals surface area (Å²) in [5.74, 6) is -0.350. The van der Waals surface area contributed by atoms with Crippen LogP contribution >= 0.6 is 11.3 Å². The number of urea groups is 1. The highest BCUT2D eigenvalue weighted by Crippen LogP contribution is 2.30. The number of carbonyl (C=O) groups excluding carboxylic acids is 1. The molecule has 7 heteroatoms. The number of hydrogen-bond donors (Lipinski definition) is 3. The van der Waals surface area contributed by atoms with Crippen molar-refractivity contribution in [2.24, 2.45) is 5.41 Å². The number of nitrogens with zero attached hydrogens (tertiary/aromatic N) is 1. The molecule has 3 N–H and O–H groups in total. The summed E-state index contributed by atoms with van der Waals surface area (Å²) < 4.78 is 0. The van der Waals surface area contributed by atoms with Gasteiger partial charge >= 0.3 is 12.0 Å². The molecule has 0 spiro atoms. The van der Waals surface area contributed by atoms with Crippen LogP contribution in [0.25, 0.3) is 10.4 Å². The van der Waals surface area contributed by atoms with Crippen LogP contribution in [0.3, 0.4) is 0 Å². The maximum absolute atomic E-state index is 12.3. The molecule has 1 heterocycles. The Morgan fingerprint density at radius 3 is 2.09 bits per heavy atom. The zero-order valence-corrected chi connectivity index (χ0v) is 19.6. The third-order valence-corrected chi connectivity index (χ3v) is 6.47. The molecule has 0 bridgehead atoms. The maximum atomic E-state index is 12.3. The number of anilines is 2. The molecular formula is C25H29N3O3S. The Balaban J connectivity index is 1.56. The van der Waals surface area contributed by atoms with Gasteiger partial charge in [-0.3, -0.25) is 4.79 Å². The fourth-order valence-electron chi connectivity index (χ4n) is 3.05. The number of carboxylic acids is 1. The average Bonchev–Trinajstić information content (AvgIpc) is 3.22. The summed E-state index contributed by atoms with van der Waals surface area (Å²) >= 11 is 1.56. The number of thiazole rings is 1. The fourth-order valence-corrected chi connectivity index (χ4v) is 3.97. The van der Waals surface area contributed by atoms with Gasteiger partial charge in [0.15, 0.2) is 0 Å². The van der Waals surface area contributed by atoms with Crippen molar-refractivity contribution in [2.45, 2.75) is 46.5 Å². The second-order valence-corrected chi connectivity index (χ2v) is 9.86. The van der Waals surface area contributed by atoms with E-state index in [-0.39, 0.29) is 6.03 Å². The van der Waals surface area contributed by atoms with E-state index in [1.165, 1.54) is 5.56 Å². The van der Waals surface area contributed by atoms with Crippen LogP contribution in [0, 0.1) is 5.41 Å². The van der Waals surface area contributed by atoms with Crippen molar-refractivity contribution in [3.63, 3.8) is 0 Å². The van der Waals surface area contributed by atoms with Gasteiger partial charge in [0.1, 0.15) is 0 Å². The van der Waals surface area contributed by atoms with Gasteiger partial charge in [0.25, 0.3) is 0 Å².